The number of halogens is 1. The van der Waals surface area contributed by atoms with Gasteiger partial charge < -0.3 is 4.90 Å². The van der Waals surface area contributed by atoms with Crippen LogP contribution < -0.4 is 4.90 Å². The average Bonchev–Trinajstić information content (AvgIpc) is 3.13. The van der Waals surface area contributed by atoms with Crippen LogP contribution in [-0.2, 0) is 0 Å². The molecule has 0 amide bonds. The fourth-order valence-electron chi connectivity index (χ4n) is 2.03. The van der Waals surface area contributed by atoms with Crippen LogP contribution in [0.3, 0.4) is 0 Å². The Kier molecular flexibility index (Phi) is 4.60. The van der Waals surface area contributed by atoms with Crippen molar-refractivity contribution in [2.75, 3.05) is 18.0 Å². The zero-order chi connectivity index (χ0) is 12.1. The third-order valence-corrected chi connectivity index (χ3v) is 3.32. The number of anilines is 1. The van der Waals surface area contributed by atoms with E-state index in [0.717, 1.165) is 31.4 Å². The fourth-order valence-corrected chi connectivity index (χ4v) is 2.13. The van der Waals surface area contributed by atoms with Crippen LogP contribution in [0.4, 0.5) is 5.95 Å². The summed E-state index contributed by atoms with van der Waals surface area (Å²) in [4.78, 5) is 10.8. The summed E-state index contributed by atoms with van der Waals surface area (Å²) < 4.78 is 0. The Morgan fingerprint density at radius 3 is 2.59 bits per heavy atom. The van der Waals surface area contributed by atoms with Crippen molar-refractivity contribution in [3.05, 3.63) is 17.4 Å². The Balaban J connectivity index is 1.87. The monoisotopic (exact) mass is 253 g/mol. The molecule has 0 unspecified atom stereocenters. The first-order chi connectivity index (χ1) is 8.29. The lowest BCUT2D eigenvalue weighted by atomic mass is 10.2. The van der Waals surface area contributed by atoms with Crippen LogP contribution in [0.25, 0.3) is 0 Å². The van der Waals surface area contributed by atoms with Crippen molar-refractivity contribution in [3.8, 4) is 0 Å². The maximum atomic E-state index is 5.80. The summed E-state index contributed by atoms with van der Waals surface area (Å²) in [6, 6.07) is 0. The quantitative estimate of drug-likeness (QED) is 0.744. The first-order valence-corrected chi connectivity index (χ1v) is 6.90. The fraction of sp³-hybridized carbons (Fsp3) is 0.692. The second kappa shape index (κ2) is 6.20. The molecule has 1 heterocycles. The lowest BCUT2D eigenvalue weighted by Gasteiger charge is -2.21. The lowest BCUT2D eigenvalue weighted by Crippen LogP contribution is -2.27. The van der Waals surface area contributed by atoms with Gasteiger partial charge in [-0.05, 0) is 25.2 Å². The third kappa shape index (κ3) is 4.15. The molecule has 0 aliphatic heterocycles. The molecule has 1 aliphatic rings. The van der Waals surface area contributed by atoms with E-state index < -0.39 is 0 Å². The molecule has 1 saturated carbocycles. The second-order valence-electron chi connectivity index (χ2n) is 4.77. The maximum Gasteiger partial charge on any atom is 0.225 e. The van der Waals surface area contributed by atoms with Gasteiger partial charge in [0.25, 0.3) is 0 Å². The Labute approximate surface area is 108 Å². The first kappa shape index (κ1) is 12.6. The highest BCUT2D eigenvalue weighted by Crippen LogP contribution is 2.33. The molecule has 0 atom stereocenters. The van der Waals surface area contributed by atoms with Crippen molar-refractivity contribution in [1.82, 2.24) is 9.97 Å². The number of rotatable bonds is 7. The van der Waals surface area contributed by atoms with Crippen LogP contribution in [0.5, 0.6) is 0 Å². The van der Waals surface area contributed by atoms with E-state index in [9.17, 15) is 0 Å². The molecule has 94 valence electrons. The Hall–Kier alpha value is -0.830. The third-order valence-electron chi connectivity index (χ3n) is 3.12. The van der Waals surface area contributed by atoms with Crippen LogP contribution in [0.2, 0.25) is 5.02 Å². The van der Waals surface area contributed by atoms with Crippen molar-refractivity contribution >= 4 is 17.5 Å². The topological polar surface area (TPSA) is 29.0 Å². The highest BCUT2D eigenvalue weighted by atomic mass is 35.5. The largest absolute Gasteiger partial charge is 0.341 e. The van der Waals surface area contributed by atoms with E-state index in [1.54, 1.807) is 12.4 Å². The van der Waals surface area contributed by atoms with Gasteiger partial charge in [0.05, 0.1) is 17.4 Å². The first-order valence-electron chi connectivity index (χ1n) is 6.52. The molecule has 0 bridgehead atoms. The minimum absolute atomic E-state index is 0.600. The van der Waals surface area contributed by atoms with Gasteiger partial charge in [-0.1, -0.05) is 31.4 Å². The van der Waals surface area contributed by atoms with Crippen molar-refractivity contribution in [2.45, 2.75) is 39.0 Å². The van der Waals surface area contributed by atoms with Crippen molar-refractivity contribution < 1.29 is 0 Å². The van der Waals surface area contributed by atoms with Crippen molar-refractivity contribution in [3.63, 3.8) is 0 Å². The summed E-state index contributed by atoms with van der Waals surface area (Å²) in [6.07, 6.45) is 9.94. The molecule has 2 rings (SSSR count). The molecular formula is C13H20ClN3. The molecule has 0 saturated heterocycles. The smallest absolute Gasteiger partial charge is 0.225 e. The maximum absolute atomic E-state index is 5.80. The van der Waals surface area contributed by atoms with Crippen molar-refractivity contribution in [1.29, 1.82) is 0 Å². The average molecular weight is 254 g/mol. The predicted molar refractivity (Wildman–Crippen MR) is 71.5 cm³/mol. The molecule has 0 aromatic carbocycles. The molecule has 0 radical (unpaired) electrons. The minimum Gasteiger partial charge on any atom is -0.341 e. The molecule has 1 aromatic rings. The standard InChI is InChI=1S/C13H20ClN3/c1-2-7-17(8-3-4-11-5-6-11)13-15-9-12(14)10-16-13/h9-11H,2-8H2,1H3. The summed E-state index contributed by atoms with van der Waals surface area (Å²) >= 11 is 5.80. The van der Waals surface area contributed by atoms with Gasteiger partial charge in [-0.2, -0.15) is 0 Å². The Morgan fingerprint density at radius 2 is 2.00 bits per heavy atom. The van der Waals surface area contributed by atoms with Gasteiger partial charge >= 0.3 is 0 Å². The molecule has 1 fully saturated rings. The summed E-state index contributed by atoms with van der Waals surface area (Å²) in [6.45, 7) is 4.27. The zero-order valence-electron chi connectivity index (χ0n) is 10.4. The van der Waals surface area contributed by atoms with Crippen LogP contribution >= 0.6 is 11.6 Å². The van der Waals surface area contributed by atoms with Gasteiger partial charge in [0, 0.05) is 13.1 Å². The van der Waals surface area contributed by atoms with E-state index in [2.05, 4.69) is 21.8 Å². The zero-order valence-corrected chi connectivity index (χ0v) is 11.2. The highest BCUT2D eigenvalue weighted by Gasteiger charge is 2.20. The van der Waals surface area contributed by atoms with Crippen LogP contribution in [-0.4, -0.2) is 23.1 Å². The van der Waals surface area contributed by atoms with Gasteiger partial charge in [-0.25, -0.2) is 9.97 Å². The SMILES string of the molecule is CCCN(CCCC1CC1)c1ncc(Cl)cn1. The summed E-state index contributed by atoms with van der Waals surface area (Å²) in [5.41, 5.74) is 0. The normalized spacial score (nSPS) is 14.9. The highest BCUT2D eigenvalue weighted by molar-refractivity contribution is 6.30. The van der Waals surface area contributed by atoms with E-state index in [0.29, 0.717) is 5.02 Å². The second-order valence-corrected chi connectivity index (χ2v) is 5.21. The van der Waals surface area contributed by atoms with Gasteiger partial charge in [-0.3, -0.25) is 0 Å². The Bertz CT molecular complexity index is 335. The van der Waals surface area contributed by atoms with Gasteiger partial charge in [0.15, 0.2) is 0 Å². The Morgan fingerprint density at radius 1 is 1.29 bits per heavy atom. The van der Waals surface area contributed by atoms with Crippen LogP contribution in [0, 0.1) is 5.92 Å². The summed E-state index contributed by atoms with van der Waals surface area (Å²) in [5.74, 6) is 1.82. The summed E-state index contributed by atoms with van der Waals surface area (Å²) in [5, 5.41) is 0.600. The minimum atomic E-state index is 0.600. The van der Waals surface area contributed by atoms with Crippen LogP contribution in [0.1, 0.15) is 39.0 Å². The van der Waals surface area contributed by atoms with E-state index in [-0.39, 0.29) is 0 Å². The molecule has 4 heteroatoms. The molecule has 1 aliphatic carbocycles. The predicted octanol–water partition coefficient (Wildman–Crippen LogP) is 3.54. The summed E-state index contributed by atoms with van der Waals surface area (Å²) in [7, 11) is 0. The number of hydrogen-bond donors (Lipinski definition) is 0. The molecule has 0 N–H and O–H groups in total. The van der Waals surface area contributed by atoms with Gasteiger partial charge in [-0.15, -0.1) is 0 Å². The van der Waals surface area contributed by atoms with Gasteiger partial charge in [0.1, 0.15) is 0 Å². The number of hydrogen-bond acceptors (Lipinski definition) is 3. The van der Waals surface area contributed by atoms with Crippen molar-refractivity contribution in [2.24, 2.45) is 5.92 Å². The van der Waals surface area contributed by atoms with E-state index in [1.807, 2.05) is 0 Å². The van der Waals surface area contributed by atoms with E-state index in [1.165, 1.54) is 25.7 Å². The molecule has 0 spiro atoms. The number of aromatic nitrogens is 2. The van der Waals surface area contributed by atoms with Gasteiger partial charge in [0.2, 0.25) is 5.95 Å². The molecular weight excluding hydrogens is 234 g/mol. The number of nitrogens with zero attached hydrogens (tertiary/aromatic N) is 3. The molecule has 1 aromatic heterocycles. The lowest BCUT2D eigenvalue weighted by molar-refractivity contribution is 0.628. The molecule has 3 nitrogen and oxygen atoms in total. The van der Waals surface area contributed by atoms with Crippen LogP contribution in [0.15, 0.2) is 12.4 Å². The van der Waals surface area contributed by atoms with E-state index >= 15 is 0 Å². The molecule has 17 heavy (non-hydrogen) atoms. The van der Waals surface area contributed by atoms with E-state index in [4.69, 9.17) is 11.6 Å².